The number of carboxylic acids is 2. The third-order valence-electron chi connectivity index (χ3n) is 11.1. The van der Waals surface area contributed by atoms with Crippen LogP contribution in [0.5, 0.6) is 0 Å². The lowest BCUT2D eigenvalue weighted by atomic mass is 9.80. The van der Waals surface area contributed by atoms with Crippen LogP contribution in [-0.2, 0) is 44.6 Å². The predicted molar refractivity (Wildman–Crippen MR) is 215 cm³/mol. The van der Waals surface area contributed by atoms with Crippen molar-refractivity contribution in [2.75, 3.05) is 0 Å². The third-order valence-corrected chi connectivity index (χ3v) is 11.1. The molecule has 16 heteroatoms. The molecule has 4 aromatic rings. The van der Waals surface area contributed by atoms with Gasteiger partial charge in [-0.05, 0) is 122 Å². The summed E-state index contributed by atoms with van der Waals surface area (Å²) in [4.78, 5) is 47.7. The van der Waals surface area contributed by atoms with Crippen LogP contribution < -0.4 is 10.6 Å². The average Bonchev–Trinajstić information content (AvgIpc) is 3.19. The van der Waals surface area contributed by atoms with E-state index in [0.717, 1.165) is 73.9 Å². The molecule has 0 spiro atoms. The van der Waals surface area contributed by atoms with E-state index in [1.807, 2.05) is 0 Å². The average molecular weight is 871 g/mol. The molecule has 0 radical (unpaired) electrons. The first-order valence-electron chi connectivity index (χ1n) is 20.1. The highest BCUT2D eigenvalue weighted by Gasteiger charge is 2.36. The van der Waals surface area contributed by atoms with Crippen LogP contribution in [0.25, 0.3) is 0 Å². The van der Waals surface area contributed by atoms with Crippen LogP contribution in [0, 0.1) is 11.8 Å². The van der Waals surface area contributed by atoms with Crippen molar-refractivity contribution >= 4 is 23.8 Å². The van der Waals surface area contributed by atoms with E-state index in [4.69, 9.17) is 19.7 Å². The Hall–Kier alpha value is -5.74. The van der Waals surface area contributed by atoms with E-state index in [1.54, 1.807) is 38.1 Å². The molecule has 2 fully saturated rings. The van der Waals surface area contributed by atoms with Crippen molar-refractivity contribution in [3.63, 3.8) is 0 Å². The van der Waals surface area contributed by atoms with Crippen LogP contribution in [0.1, 0.15) is 119 Å². The number of alkyl halides is 6. The van der Waals surface area contributed by atoms with E-state index in [9.17, 15) is 45.5 Å². The number of carboxylic acid groups (broad SMARTS) is 2. The number of hydrogen-bond acceptors (Lipinski definition) is 6. The third kappa shape index (κ3) is 13.1. The Kier molecular flexibility index (Phi) is 15.9. The van der Waals surface area contributed by atoms with Crippen molar-refractivity contribution in [3.05, 3.63) is 142 Å². The molecule has 0 heterocycles. The lowest BCUT2D eigenvalue weighted by Crippen LogP contribution is -2.44. The number of rotatable bonds is 16. The highest BCUT2D eigenvalue weighted by Crippen LogP contribution is 2.35. The zero-order valence-corrected chi connectivity index (χ0v) is 34.0. The van der Waals surface area contributed by atoms with E-state index in [-0.39, 0.29) is 60.1 Å². The van der Waals surface area contributed by atoms with Gasteiger partial charge in [0.05, 0.1) is 47.6 Å². The maximum Gasteiger partial charge on any atom is 0.416 e. The van der Waals surface area contributed by atoms with E-state index in [1.165, 1.54) is 48.5 Å². The number of halogens is 6. The number of ether oxygens (including phenoxy) is 2. The number of carbonyl (C=O) groups excluding carboxylic acids is 2. The molecule has 2 aliphatic carbocycles. The summed E-state index contributed by atoms with van der Waals surface area (Å²) in [5, 5.41) is 23.8. The first-order chi connectivity index (χ1) is 29.3. The summed E-state index contributed by atoms with van der Waals surface area (Å²) < 4.78 is 87.9. The summed E-state index contributed by atoms with van der Waals surface area (Å²) >= 11 is 0. The largest absolute Gasteiger partial charge is 0.478 e. The summed E-state index contributed by atoms with van der Waals surface area (Å²) in [7, 11) is 0. The highest BCUT2D eigenvalue weighted by molar-refractivity contribution is 5.88. The minimum absolute atomic E-state index is 0.0361. The minimum Gasteiger partial charge on any atom is -0.478 e. The summed E-state index contributed by atoms with van der Waals surface area (Å²) in [5.41, 5.74) is 1.50. The van der Waals surface area contributed by atoms with Crippen LogP contribution >= 0.6 is 0 Å². The molecule has 2 aliphatic rings. The zero-order valence-electron chi connectivity index (χ0n) is 34.0. The SMILES string of the molecule is C[C@H](NC(=O)C(OCc1ccc(C(F)(F)F)cc1)C1CCC1)c1ccc(C(=O)O)cc1.C[C@H](NC(=O)C(OCc1ccc(C(F)(F)F)cc1)C1CCC1)c1ccc(C(=O)O)cc1. The Labute approximate surface area is 354 Å². The second kappa shape index (κ2) is 20.9. The molecule has 10 nitrogen and oxygen atoms in total. The van der Waals surface area contributed by atoms with Gasteiger partial charge in [-0.15, -0.1) is 0 Å². The van der Waals surface area contributed by atoms with Crippen molar-refractivity contribution in [2.45, 2.75) is 102 Å². The van der Waals surface area contributed by atoms with Gasteiger partial charge >= 0.3 is 24.3 Å². The van der Waals surface area contributed by atoms with Gasteiger partial charge in [0.2, 0.25) is 11.8 Å². The van der Waals surface area contributed by atoms with Gasteiger partial charge in [-0.2, -0.15) is 26.3 Å². The Bertz CT molecular complexity index is 1960. The number of carbonyl (C=O) groups is 4. The lowest BCUT2D eigenvalue weighted by Gasteiger charge is -2.33. The van der Waals surface area contributed by atoms with E-state index in [2.05, 4.69) is 10.6 Å². The van der Waals surface area contributed by atoms with E-state index < -0.39 is 47.6 Å². The van der Waals surface area contributed by atoms with Crippen LogP contribution in [0.2, 0.25) is 0 Å². The minimum atomic E-state index is -4.40. The summed E-state index contributed by atoms with van der Waals surface area (Å²) in [6.45, 7) is 3.66. The Morgan fingerprint density at radius 2 is 0.855 bits per heavy atom. The van der Waals surface area contributed by atoms with Crippen molar-refractivity contribution in [3.8, 4) is 0 Å². The van der Waals surface area contributed by atoms with Crippen LogP contribution in [0.4, 0.5) is 26.3 Å². The molecule has 2 unspecified atom stereocenters. The van der Waals surface area contributed by atoms with Crippen molar-refractivity contribution in [1.82, 2.24) is 10.6 Å². The molecule has 4 aromatic carbocycles. The van der Waals surface area contributed by atoms with E-state index >= 15 is 0 Å². The number of amides is 2. The zero-order chi connectivity index (χ0) is 45.2. The molecule has 0 aliphatic heterocycles. The van der Waals surface area contributed by atoms with Crippen molar-refractivity contribution in [1.29, 1.82) is 0 Å². The molecule has 6 rings (SSSR count). The fraction of sp³-hybridized carbons (Fsp3) is 0.391. The van der Waals surface area contributed by atoms with Gasteiger partial charge in [-0.1, -0.05) is 61.4 Å². The smallest absolute Gasteiger partial charge is 0.416 e. The monoisotopic (exact) mass is 870 g/mol. The van der Waals surface area contributed by atoms with E-state index in [0.29, 0.717) is 11.1 Å². The van der Waals surface area contributed by atoms with Gasteiger partial charge in [0.1, 0.15) is 12.2 Å². The Balaban J connectivity index is 0.000000234. The van der Waals surface area contributed by atoms with Gasteiger partial charge in [0, 0.05) is 0 Å². The second-order valence-corrected chi connectivity index (χ2v) is 15.5. The maximum absolute atomic E-state index is 12.9. The highest BCUT2D eigenvalue weighted by atomic mass is 19.4. The fourth-order valence-corrected chi connectivity index (χ4v) is 6.88. The van der Waals surface area contributed by atoms with Gasteiger partial charge in [-0.3, -0.25) is 9.59 Å². The molecule has 0 aromatic heterocycles. The molecule has 0 saturated heterocycles. The molecule has 4 atom stereocenters. The lowest BCUT2D eigenvalue weighted by molar-refractivity contribution is -0.141. The second-order valence-electron chi connectivity index (χ2n) is 15.5. The molecule has 0 bridgehead atoms. The molecule has 62 heavy (non-hydrogen) atoms. The normalized spacial score (nSPS) is 16.3. The predicted octanol–water partition coefficient (Wildman–Crippen LogP) is 9.93. The van der Waals surface area contributed by atoms with Crippen molar-refractivity contribution < 1.29 is 65.2 Å². The Morgan fingerprint density at radius 3 is 1.10 bits per heavy atom. The van der Waals surface area contributed by atoms with Crippen LogP contribution in [0.15, 0.2) is 97.1 Å². The van der Waals surface area contributed by atoms with Crippen LogP contribution in [-0.4, -0.2) is 46.2 Å². The van der Waals surface area contributed by atoms with Gasteiger partial charge in [0.15, 0.2) is 0 Å². The maximum atomic E-state index is 12.9. The van der Waals surface area contributed by atoms with Gasteiger partial charge < -0.3 is 30.3 Å². The molecular formula is C46H48F6N2O8. The molecule has 4 N–H and O–H groups in total. The summed E-state index contributed by atoms with van der Waals surface area (Å²) in [5.74, 6) is -2.49. The Morgan fingerprint density at radius 1 is 0.548 bits per heavy atom. The first-order valence-corrected chi connectivity index (χ1v) is 20.1. The summed E-state index contributed by atoms with van der Waals surface area (Å²) in [6.07, 6.45) is -4.76. The first kappa shape index (κ1) is 47.3. The standard InChI is InChI=1S/2C23H24F3NO4/c2*1-14(16-7-9-18(10-8-16)22(29)30)27-21(28)20(17-3-2-4-17)31-13-15-5-11-19(12-6-15)23(24,25)26/h2*5-12,14,17,20H,2-4,13H2,1H3,(H,27,28)(H,29,30)/t2*14-,20?/m00/s1. The number of aromatic carboxylic acids is 2. The quantitative estimate of drug-likeness (QED) is 0.0813. The number of hydrogen-bond donors (Lipinski definition) is 4. The fourth-order valence-electron chi connectivity index (χ4n) is 6.88. The summed E-state index contributed by atoms with van der Waals surface area (Å²) in [6, 6.07) is 21.2. The van der Waals surface area contributed by atoms with Gasteiger partial charge in [-0.25, -0.2) is 9.59 Å². The van der Waals surface area contributed by atoms with Crippen molar-refractivity contribution in [2.24, 2.45) is 11.8 Å². The molecule has 2 saturated carbocycles. The molecular weight excluding hydrogens is 822 g/mol. The topological polar surface area (TPSA) is 151 Å². The molecule has 332 valence electrons. The van der Waals surface area contributed by atoms with Crippen LogP contribution in [0.3, 0.4) is 0 Å². The number of benzene rings is 4. The van der Waals surface area contributed by atoms with Gasteiger partial charge in [0.25, 0.3) is 0 Å². The number of nitrogens with one attached hydrogen (secondary N) is 2. The molecule has 2 amide bonds.